The molecule has 2 N–H and O–H groups in total. The molecular formula is C11H21N5. The van der Waals surface area contributed by atoms with Gasteiger partial charge in [0, 0.05) is 52.0 Å². The van der Waals surface area contributed by atoms with Crippen LogP contribution in [-0.2, 0) is 13.1 Å². The molecule has 1 aliphatic heterocycles. The van der Waals surface area contributed by atoms with Crippen LogP contribution in [-0.4, -0.2) is 59.1 Å². The van der Waals surface area contributed by atoms with Crippen LogP contribution in [0, 0.1) is 0 Å². The summed E-state index contributed by atoms with van der Waals surface area (Å²) in [4.78, 5) is 9.10. The first-order valence-electron chi connectivity index (χ1n) is 5.89. The second-order valence-electron chi connectivity index (χ2n) is 4.45. The summed E-state index contributed by atoms with van der Waals surface area (Å²) in [7, 11) is 2.18. The fraction of sp³-hybridized carbons (Fsp3) is 0.727. The SMILES string of the molecule is CN1CCN(CCn2cnc(CN)c2)CC1. The van der Waals surface area contributed by atoms with E-state index in [4.69, 9.17) is 5.73 Å². The van der Waals surface area contributed by atoms with Gasteiger partial charge in [-0.25, -0.2) is 4.98 Å². The van der Waals surface area contributed by atoms with E-state index in [9.17, 15) is 0 Å². The molecule has 5 nitrogen and oxygen atoms in total. The number of rotatable bonds is 4. The van der Waals surface area contributed by atoms with Crippen molar-refractivity contribution < 1.29 is 0 Å². The van der Waals surface area contributed by atoms with Crippen LogP contribution in [0.4, 0.5) is 0 Å². The number of hydrogen-bond acceptors (Lipinski definition) is 4. The number of likely N-dealkylation sites (N-methyl/N-ethyl adjacent to an activating group) is 1. The van der Waals surface area contributed by atoms with Crippen LogP contribution in [0.25, 0.3) is 0 Å². The van der Waals surface area contributed by atoms with Crippen LogP contribution in [0.3, 0.4) is 0 Å². The van der Waals surface area contributed by atoms with Gasteiger partial charge in [0.1, 0.15) is 0 Å². The summed E-state index contributed by atoms with van der Waals surface area (Å²) < 4.78 is 2.13. The van der Waals surface area contributed by atoms with E-state index >= 15 is 0 Å². The van der Waals surface area contributed by atoms with Crippen LogP contribution in [0.2, 0.25) is 0 Å². The van der Waals surface area contributed by atoms with Gasteiger partial charge in [-0.15, -0.1) is 0 Å². The lowest BCUT2D eigenvalue weighted by Crippen LogP contribution is -2.45. The summed E-state index contributed by atoms with van der Waals surface area (Å²) >= 11 is 0. The number of nitrogens with zero attached hydrogens (tertiary/aromatic N) is 4. The van der Waals surface area contributed by atoms with E-state index in [0.717, 1.165) is 18.8 Å². The Morgan fingerprint density at radius 2 is 2.00 bits per heavy atom. The molecule has 0 atom stereocenters. The van der Waals surface area contributed by atoms with Gasteiger partial charge >= 0.3 is 0 Å². The Bertz CT molecular complexity index is 314. The van der Waals surface area contributed by atoms with Crippen molar-refractivity contribution in [2.45, 2.75) is 13.1 Å². The average Bonchev–Trinajstić information content (AvgIpc) is 2.76. The molecule has 1 fully saturated rings. The van der Waals surface area contributed by atoms with Crippen molar-refractivity contribution in [3.05, 3.63) is 18.2 Å². The molecule has 2 heterocycles. The molecule has 16 heavy (non-hydrogen) atoms. The van der Waals surface area contributed by atoms with Crippen molar-refractivity contribution in [2.24, 2.45) is 5.73 Å². The van der Waals surface area contributed by atoms with E-state index < -0.39 is 0 Å². The molecule has 0 aliphatic carbocycles. The Balaban J connectivity index is 1.74. The molecule has 0 spiro atoms. The first-order valence-corrected chi connectivity index (χ1v) is 5.89. The first-order chi connectivity index (χ1) is 7.78. The van der Waals surface area contributed by atoms with Gasteiger partial charge in [0.2, 0.25) is 0 Å². The third kappa shape index (κ3) is 3.04. The molecule has 1 aliphatic rings. The van der Waals surface area contributed by atoms with Gasteiger partial charge in [-0.3, -0.25) is 4.90 Å². The number of hydrogen-bond donors (Lipinski definition) is 1. The molecule has 0 radical (unpaired) electrons. The maximum Gasteiger partial charge on any atom is 0.0950 e. The fourth-order valence-corrected chi connectivity index (χ4v) is 1.96. The van der Waals surface area contributed by atoms with Crippen molar-refractivity contribution in [1.82, 2.24) is 19.4 Å². The first kappa shape index (κ1) is 11.6. The van der Waals surface area contributed by atoms with E-state index in [1.165, 1.54) is 26.2 Å². The van der Waals surface area contributed by atoms with Crippen LogP contribution in [0.15, 0.2) is 12.5 Å². The Kier molecular flexibility index (Phi) is 3.93. The minimum Gasteiger partial charge on any atom is -0.336 e. The Labute approximate surface area is 96.8 Å². The van der Waals surface area contributed by atoms with Gasteiger partial charge in [0.05, 0.1) is 12.0 Å². The van der Waals surface area contributed by atoms with Gasteiger partial charge in [0.25, 0.3) is 0 Å². The minimum atomic E-state index is 0.529. The zero-order valence-electron chi connectivity index (χ0n) is 9.97. The highest BCUT2D eigenvalue weighted by molar-refractivity contribution is 4.95. The predicted molar refractivity (Wildman–Crippen MR) is 64.1 cm³/mol. The third-order valence-corrected chi connectivity index (χ3v) is 3.17. The highest BCUT2D eigenvalue weighted by Crippen LogP contribution is 2.00. The maximum atomic E-state index is 5.53. The van der Waals surface area contributed by atoms with Gasteiger partial charge in [-0.05, 0) is 7.05 Å². The summed E-state index contributed by atoms with van der Waals surface area (Å²) in [6.45, 7) is 7.35. The van der Waals surface area contributed by atoms with Gasteiger partial charge in [-0.2, -0.15) is 0 Å². The second kappa shape index (κ2) is 5.43. The van der Waals surface area contributed by atoms with E-state index in [1.54, 1.807) is 0 Å². The molecule has 0 amide bonds. The molecule has 1 aromatic rings. The number of aromatic nitrogens is 2. The fourth-order valence-electron chi connectivity index (χ4n) is 1.96. The average molecular weight is 223 g/mol. The monoisotopic (exact) mass is 223 g/mol. The van der Waals surface area contributed by atoms with Crippen LogP contribution in [0.5, 0.6) is 0 Å². The topological polar surface area (TPSA) is 50.3 Å². The molecule has 1 aromatic heterocycles. The Morgan fingerprint density at radius 3 is 2.62 bits per heavy atom. The van der Waals surface area contributed by atoms with Gasteiger partial charge in [0.15, 0.2) is 0 Å². The lowest BCUT2D eigenvalue weighted by atomic mass is 10.3. The lowest BCUT2D eigenvalue weighted by Gasteiger charge is -2.32. The zero-order valence-corrected chi connectivity index (χ0v) is 9.97. The number of nitrogens with two attached hydrogens (primary N) is 1. The summed E-state index contributed by atoms with van der Waals surface area (Å²) in [5.41, 5.74) is 6.50. The van der Waals surface area contributed by atoms with E-state index in [0.29, 0.717) is 6.54 Å². The highest BCUT2D eigenvalue weighted by atomic mass is 15.3. The molecule has 5 heteroatoms. The summed E-state index contributed by atoms with van der Waals surface area (Å²) in [6, 6.07) is 0. The van der Waals surface area contributed by atoms with Gasteiger partial charge in [-0.1, -0.05) is 0 Å². The lowest BCUT2D eigenvalue weighted by molar-refractivity contribution is 0.150. The smallest absolute Gasteiger partial charge is 0.0950 e. The van der Waals surface area contributed by atoms with E-state index in [2.05, 4.69) is 26.4 Å². The number of imidazole rings is 1. The second-order valence-corrected chi connectivity index (χ2v) is 4.45. The molecule has 0 saturated carbocycles. The highest BCUT2D eigenvalue weighted by Gasteiger charge is 2.12. The van der Waals surface area contributed by atoms with E-state index in [-0.39, 0.29) is 0 Å². The molecule has 0 unspecified atom stereocenters. The molecule has 2 rings (SSSR count). The standard InChI is InChI=1S/C11H21N5/c1-14-2-4-15(5-3-14)6-7-16-9-11(8-12)13-10-16/h9-10H,2-8,12H2,1H3. The molecule has 0 aromatic carbocycles. The van der Waals surface area contributed by atoms with Crippen molar-refractivity contribution in [3.63, 3.8) is 0 Å². The summed E-state index contributed by atoms with van der Waals surface area (Å²) in [5.74, 6) is 0. The number of piperazine rings is 1. The summed E-state index contributed by atoms with van der Waals surface area (Å²) in [6.07, 6.45) is 3.91. The van der Waals surface area contributed by atoms with Crippen molar-refractivity contribution in [1.29, 1.82) is 0 Å². The molecule has 0 bridgehead atoms. The predicted octanol–water partition coefficient (Wildman–Crippen LogP) is -0.411. The minimum absolute atomic E-state index is 0.529. The van der Waals surface area contributed by atoms with Gasteiger partial charge < -0.3 is 15.2 Å². The largest absolute Gasteiger partial charge is 0.336 e. The normalized spacial score (nSPS) is 19.1. The quantitative estimate of drug-likeness (QED) is 0.754. The van der Waals surface area contributed by atoms with Crippen molar-refractivity contribution >= 4 is 0 Å². The Hall–Kier alpha value is -0.910. The zero-order chi connectivity index (χ0) is 11.4. The molecular weight excluding hydrogens is 202 g/mol. The summed E-state index contributed by atoms with van der Waals surface area (Å²) in [5, 5.41) is 0. The Morgan fingerprint density at radius 1 is 1.25 bits per heavy atom. The van der Waals surface area contributed by atoms with Crippen molar-refractivity contribution in [3.8, 4) is 0 Å². The molecule has 1 saturated heterocycles. The molecule has 90 valence electrons. The van der Waals surface area contributed by atoms with Crippen molar-refractivity contribution in [2.75, 3.05) is 39.8 Å². The maximum absolute atomic E-state index is 5.53. The van der Waals surface area contributed by atoms with Crippen LogP contribution in [0.1, 0.15) is 5.69 Å². The third-order valence-electron chi connectivity index (χ3n) is 3.17. The van der Waals surface area contributed by atoms with Crippen LogP contribution < -0.4 is 5.73 Å². The van der Waals surface area contributed by atoms with Crippen LogP contribution >= 0.6 is 0 Å². The van der Waals surface area contributed by atoms with E-state index in [1.807, 2.05) is 12.5 Å².